The molecule has 0 aliphatic carbocycles. The zero-order chi connectivity index (χ0) is 9.14. The number of carbonyl (C=O) groups is 1. The topological polar surface area (TPSA) is 52.1 Å². The molecule has 12 heavy (non-hydrogen) atoms. The Morgan fingerprint density at radius 2 is 2.42 bits per heavy atom. The quantitative estimate of drug-likeness (QED) is 0.593. The van der Waals surface area contributed by atoms with Crippen molar-refractivity contribution in [1.82, 2.24) is 9.59 Å². The molecule has 0 amide bonds. The SMILES string of the molecule is COC(=O)c1snnc1C(C)Br. The van der Waals surface area contributed by atoms with Gasteiger partial charge in [0.2, 0.25) is 0 Å². The summed E-state index contributed by atoms with van der Waals surface area (Å²) in [5, 5.41) is 3.81. The van der Waals surface area contributed by atoms with Crippen LogP contribution in [-0.4, -0.2) is 22.7 Å². The predicted molar refractivity (Wildman–Crippen MR) is 48.6 cm³/mol. The van der Waals surface area contributed by atoms with Gasteiger partial charge in [-0.25, -0.2) is 4.79 Å². The molecule has 0 aromatic carbocycles. The van der Waals surface area contributed by atoms with Gasteiger partial charge in [-0.15, -0.1) is 5.10 Å². The highest BCUT2D eigenvalue weighted by atomic mass is 79.9. The number of esters is 1. The van der Waals surface area contributed by atoms with Crippen molar-refractivity contribution in [3.63, 3.8) is 0 Å². The standard InChI is InChI=1S/C6H7BrN2O2S/c1-3(7)4-5(6(10)11-2)12-9-8-4/h3H,1-2H3. The van der Waals surface area contributed by atoms with Gasteiger partial charge in [-0.3, -0.25) is 0 Å². The highest BCUT2D eigenvalue weighted by Gasteiger charge is 2.19. The molecule has 1 atom stereocenters. The zero-order valence-corrected chi connectivity index (χ0v) is 8.98. The van der Waals surface area contributed by atoms with Crippen LogP contribution in [-0.2, 0) is 4.74 Å². The number of carbonyl (C=O) groups excluding carboxylic acids is 1. The Kier molecular flexibility index (Phi) is 3.16. The van der Waals surface area contributed by atoms with Gasteiger partial charge in [-0.1, -0.05) is 20.4 Å². The van der Waals surface area contributed by atoms with Gasteiger partial charge in [-0.05, 0) is 18.5 Å². The van der Waals surface area contributed by atoms with E-state index >= 15 is 0 Å². The second kappa shape index (κ2) is 3.95. The minimum Gasteiger partial charge on any atom is -0.465 e. The number of aromatic nitrogens is 2. The van der Waals surface area contributed by atoms with Crippen molar-refractivity contribution in [1.29, 1.82) is 0 Å². The van der Waals surface area contributed by atoms with E-state index in [1.807, 2.05) is 6.92 Å². The fourth-order valence-corrected chi connectivity index (χ4v) is 1.84. The lowest BCUT2D eigenvalue weighted by atomic mass is 10.3. The Labute approximate surface area is 82.2 Å². The first-order valence-electron chi connectivity index (χ1n) is 3.21. The van der Waals surface area contributed by atoms with E-state index in [2.05, 4.69) is 30.3 Å². The van der Waals surface area contributed by atoms with Crippen molar-refractivity contribution >= 4 is 33.4 Å². The highest BCUT2D eigenvalue weighted by molar-refractivity contribution is 9.09. The molecule has 1 aromatic rings. The lowest BCUT2D eigenvalue weighted by Gasteiger charge is -1.99. The summed E-state index contributed by atoms with van der Waals surface area (Å²) in [5.74, 6) is -0.383. The molecule has 1 aromatic heterocycles. The number of nitrogens with zero attached hydrogens (tertiary/aromatic N) is 2. The number of hydrogen-bond acceptors (Lipinski definition) is 5. The average Bonchev–Trinajstić information content (AvgIpc) is 2.50. The minimum absolute atomic E-state index is 0.0188. The van der Waals surface area contributed by atoms with Gasteiger partial charge in [-0.2, -0.15) is 0 Å². The van der Waals surface area contributed by atoms with Crippen LogP contribution in [0.4, 0.5) is 0 Å². The van der Waals surface area contributed by atoms with E-state index in [4.69, 9.17) is 0 Å². The number of alkyl halides is 1. The van der Waals surface area contributed by atoms with E-state index in [-0.39, 0.29) is 10.8 Å². The monoisotopic (exact) mass is 250 g/mol. The van der Waals surface area contributed by atoms with Crippen molar-refractivity contribution in [2.75, 3.05) is 7.11 Å². The lowest BCUT2D eigenvalue weighted by molar-refractivity contribution is 0.0605. The smallest absolute Gasteiger partial charge is 0.351 e. The maximum Gasteiger partial charge on any atom is 0.351 e. The van der Waals surface area contributed by atoms with Crippen LogP contribution in [0.25, 0.3) is 0 Å². The number of hydrogen-bond donors (Lipinski definition) is 0. The fraction of sp³-hybridized carbons (Fsp3) is 0.500. The molecule has 6 heteroatoms. The third kappa shape index (κ3) is 1.81. The van der Waals surface area contributed by atoms with Gasteiger partial charge in [0.15, 0.2) is 4.88 Å². The van der Waals surface area contributed by atoms with Crippen molar-refractivity contribution < 1.29 is 9.53 Å². The molecule has 4 nitrogen and oxygen atoms in total. The molecule has 66 valence electrons. The second-order valence-corrected chi connectivity index (χ2v) is 4.22. The Morgan fingerprint density at radius 3 is 2.92 bits per heavy atom. The van der Waals surface area contributed by atoms with Gasteiger partial charge >= 0.3 is 5.97 Å². The Morgan fingerprint density at radius 1 is 1.75 bits per heavy atom. The zero-order valence-electron chi connectivity index (χ0n) is 6.57. The molecule has 1 heterocycles. The van der Waals surface area contributed by atoms with Crippen LogP contribution in [0, 0.1) is 0 Å². The number of methoxy groups -OCH3 is 1. The summed E-state index contributed by atoms with van der Waals surface area (Å²) < 4.78 is 8.23. The first-order valence-corrected chi connectivity index (χ1v) is 4.90. The molecule has 1 rings (SSSR count). The van der Waals surface area contributed by atoms with Crippen molar-refractivity contribution in [2.45, 2.75) is 11.8 Å². The molecule has 0 fully saturated rings. The lowest BCUT2D eigenvalue weighted by Crippen LogP contribution is -2.02. The molecular formula is C6H7BrN2O2S. The fourth-order valence-electron chi connectivity index (χ4n) is 0.692. The van der Waals surface area contributed by atoms with Crippen LogP contribution >= 0.6 is 27.5 Å². The maximum absolute atomic E-state index is 11.1. The molecule has 0 saturated heterocycles. The Balaban J connectivity index is 2.99. The number of halogens is 1. The first kappa shape index (κ1) is 9.60. The molecular weight excluding hydrogens is 244 g/mol. The van der Waals surface area contributed by atoms with E-state index in [0.717, 1.165) is 11.5 Å². The summed E-state index contributed by atoms with van der Waals surface area (Å²) in [5.41, 5.74) is 0.631. The molecule has 0 N–H and O–H groups in total. The van der Waals surface area contributed by atoms with E-state index < -0.39 is 0 Å². The van der Waals surface area contributed by atoms with Crippen LogP contribution in [0.2, 0.25) is 0 Å². The van der Waals surface area contributed by atoms with E-state index in [0.29, 0.717) is 10.6 Å². The van der Waals surface area contributed by atoms with Gasteiger partial charge in [0.1, 0.15) is 5.69 Å². The van der Waals surface area contributed by atoms with Crippen molar-refractivity contribution in [3.05, 3.63) is 10.6 Å². The van der Waals surface area contributed by atoms with Crippen LogP contribution in [0.15, 0.2) is 0 Å². The maximum atomic E-state index is 11.1. The van der Waals surface area contributed by atoms with Gasteiger partial charge in [0.25, 0.3) is 0 Å². The van der Waals surface area contributed by atoms with Crippen molar-refractivity contribution in [2.24, 2.45) is 0 Å². The normalized spacial score (nSPS) is 12.6. The van der Waals surface area contributed by atoms with Crippen molar-refractivity contribution in [3.8, 4) is 0 Å². The van der Waals surface area contributed by atoms with E-state index in [9.17, 15) is 4.79 Å². The molecule has 0 spiro atoms. The number of rotatable bonds is 2. The molecule has 0 bridgehead atoms. The first-order chi connectivity index (χ1) is 5.66. The molecule has 0 aliphatic heterocycles. The van der Waals surface area contributed by atoms with Gasteiger partial charge in [0, 0.05) is 0 Å². The van der Waals surface area contributed by atoms with Gasteiger partial charge in [0.05, 0.1) is 11.9 Å². The van der Waals surface area contributed by atoms with E-state index in [1.165, 1.54) is 7.11 Å². The third-order valence-corrected chi connectivity index (χ3v) is 2.42. The van der Waals surface area contributed by atoms with E-state index in [1.54, 1.807) is 0 Å². The Bertz CT molecular complexity index is 287. The van der Waals surface area contributed by atoms with Crippen LogP contribution in [0.1, 0.15) is 27.1 Å². The summed E-state index contributed by atoms with van der Waals surface area (Å²) >= 11 is 4.35. The van der Waals surface area contributed by atoms with Crippen LogP contribution in [0.5, 0.6) is 0 Å². The summed E-state index contributed by atoms with van der Waals surface area (Å²) in [6.07, 6.45) is 0. The number of ether oxygens (including phenoxy) is 1. The molecule has 0 radical (unpaired) electrons. The van der Waals surface area contributed by atoms with Crippen LogP contribution < -0.4 is 0 Å². The average molecular weight is 251 g/mol. The minimum atomic E-state index is -0.383. The summed E-state index contributed by atoms with van der Waals surface area (Å²) in [6, 6.07) is 0. The molecule has 0 aliphatic rings. The Hall–Kier alpha value is -0.490. The summed E-state index contributed by atoms with van der Waals surface area (Å²) in [4.78, 5) is 11.6. The molecule has 0 saturated carbocycles. The summed E-state index contributed by atoms with van der Waals surface area (Å²) in [6.45, 7) is 1.88. The molecule has 1 unspecified atom stereocenters. The second-order valence-electron chi connectivity index (χ2n) is 2.09. The predicted octanol–water partition coefficient (Wildman–Crippen LogP) is 1.78. The van der Waals surface area contributed by atoms with Crippen LogP contribution in [0.3, 0.4) is 0 Å². The third-order valence-electron chi connectivity index (χ3n) is 1.26. The highest BCUT2D eigenvalue weighted by Crippen LogP contribution is 2.25. The van der Waals surface area contributed by atoms with Gasteiger partial charge < -0.3 is 4.74 Å². The summed E-state index contributed by atoms with van der Waals surface area (Å²) in [7, 11) is 1.34. The largest absolute Gasteiger partial charge is 0.465 e.